The first-order chi connectivity index (χ1) is 10.2. The molecule has 0 bridgehead atoms. The summed E-state index contributed by atoms with van der Waals surface area (Å²) in [4.78, 5) is 15.3. The Balaban J connectivity index is 1.80. The topological polar surface area (TPSA) is 68.7 Å². The van der Waals surface area contributed by atoms with Gasteiger partial charge in [-0.25, -0.2) is 4.79 Å². The second-order valence-corrected chi connectivity index (χ2v) is 5.11. The van der Waals surface area contributed by atoms with Gasteiger partial charge in [0.25, 0.3) is 0 Å². The third-order valence-electron chi connectivity index (χ3n) is 3.64. The number of rotatable bonds is 4. The molecule has 1 aliphatic heterocycles. The van der Waals surface area contributed by atoms with Crippen LogP contribution in [0.3, 0.4) is 0 Å². The van der Waals surface area contributed by atoms with Crippen molar-refractivity contribution >= 4 is 16.7 Å². The number of aromatic carboxylic acids is 1. The average Bonchev–Trinajstić information content (AvgIpc) is 2.53. The molecule has 5 nitrogen and oxygen atoms in total. The highest BCUT2D eigenvalue weighted by atomic mass is 16.7. The van der Waals surface area contributed by atoms with E-state index in [-0.39, 0.29) is 11.9 Å². The predicted octanol–water partition coefficient (Wildman–Crippen LogP) is 2.98. The lowest BCUT2D eigenvalue weighted by Crippen LogP contribution is -2.22. The summed E-state index contributed by atoms with van der Waals surface area (Å²) in [6, 6.07) is 6.83. The number of hydrogen-bond donors (Lipinski definition) is 1. The first kappa shape index (κ1) is 14.0. The van der Waals surface area contributed by atoms with E-state index in [1.807, 2.05) is 6.07 Å². The Morgan fingerprint density at radius 2 is 2.29 bits per heavy atom. The molecule has 1 N–H and O–H groups in total. The summed E-state index contributed by atoms with van der Waals surface area (Å²) >= 11 is 0. The van der Waals surface area contributed by atoms with Gasteiger partial charge >= 0.3 is 5.97 Å². The highest BCUT2D eigenvalue weighted by Crippen LogP contribution is 2.21. The monoisotopic (exact) mass is 287 g/mol. The molecule has 1 saturated heterocycles. The van der Waals surface area contributed by atoms with Crippen LogP contribution in [-0.4, -0.2) is 29.0 Å². The van der Waals surface area contributed by atoms with Gasteiger partial charge in [0, 0.05) is 18.2 Å². The van der Waals surface area contributed by atoms with Crippen molar-refractivity contribution in [2.45, 2.75) is 32.2 Å². The third-order valence-corrected chi connectivity index (χ3v) is 3.64. The van der Waals surface area contributed by atoms with Gasteiger partial charge < -0.3 is 14.6 Å². The second-order valence-electron chi connectivity index (χ2n) is 5.11. The van der Waals surface area contributed by atoms with Crippen molar-refractivity contribution in [1.82, 2.24) is 4.98 Å². The van der Waals surface area contributed by atoms with Gasteiger partial charge in [0.2, 0.25) is 0 Å². The lowest BCUT2D eigenvalue weighted by atomic mass is 10.1. The quantitative estimate of drug-likeness (QED) is 0.936. The van der Waals surface area contributed by atoms with Crippen LogP contribution in [0.5, 0.6) is 0 Å². The van der Waals surface area contributed by atoms with E-state index in [1.54, 1.807) is 24.4 Å². The van der Waals surface area contributed by atoms with Gasteiger partial charge in [0.05, 0.1) is 17.9 Å². The van der Waals surface area contributed by atoms with E-state index in [4.69, 9.17) is 14.6 Å². The number of nitrogens with zero attached hydrogens (tertiary/aromatic N) is 1. The minimum absolute atomic E-state index is 0.158. The molecule has 0 aliphatic carbocycles. The summed E-state index contributed by atoms with van der Waals surface area (Å²) in [6.07, 6.45) is 4.64. The molecule has 1 aliphatic rings. The third kappa shape index (κ3) is 3.20. The summed E-state index contributed by atoms with van der Waals surface area (Å²) in [5.74, 6) is -0.929. The predicted molar refractivity (Wildman–Crippen MR) is 77.1 cm³/mol. The molecule has 2 aromatic rings. The van der Waals surface area contributed by atoms with Crippen molar-refractivity contribution in [2.24, 2.45) is 0 Å². The molecule has 110 valence electrons. The SMILES string of the molecule is O=C(O)c1ccc2c(COC3CCCCO3)nccc2c1. The van der Waals surface area contributed by atoms with Gasteiger partial charge in [0.15, 0.2) is 6.29 Å². The molecule has 1 aromatic heterocycles. The van der Waals surface area contributed by atoms with Gasteiger partial charge in [0.1, 0.15) is 0 Å². The molecule has 1 fully saturated rings. The number of carboxylic acid groups (broad SMARTS) is 1. The highest BCUT2D eigenvalue weighted by molar-refractivity contribution is 5.94. The molecule has 0 spiro atoms. The second kappa shape index (κ2) is 6.20. The Hall–Kier alpha value is -1.98. The maximum absolute atomic E-state index is 11.0. The van der Waals surface area contributed by atoms with Crippen LogP contribution in [0.25, 0.3) is 10.8 Å². The average molecular weight is 287 g/mol. The normalized spacial score (nSPS) is 18.8. The standard InChI is InChI=1S/C16H17NO4/c18-16(19)12-4-5-13-11(9-12)6-7-17-14(13)10-21-15-3-1-2-8-20-15/h4-7,9,15H,1-3,8,10H2,(H,18,19). The van der Waals surface area contributed by atoms with Crippen LogP contribution in [0.4, 0.5) is 0 Å². The number of pyridine rings is 1. The van der Waals surface area contributed by atoms with Crippen LogP contribution < -0.4 is 0 Å². The number of carboxylic acids is 1. The van der Waals surface area contributed by atoms with E-state index in [0.717, 1.165) is 42.3 Å². The molecule has 2 heterocycles. The lowest BCUT2D eigenvalue weighted by Gasteiger charge is -2.22. The molecule has 0 radical (unpaired) electrons. The van der Waals surface area contributed by atoms with Gasteiger partial charge in [-0.3, -0.25) is 4.98 Å². The Morgan fingerprint density at radius 1 is 1.38 bits per heavy atom. The van der Waals surface area contributed by atoms with Crippen LogP contribution in [0.15, 0.2) is 30.5 Å². The molecule has 1 atom stereocenters. The summed E-state index contributed by atoms with van der Waals surface area (Å²) in [5.41, 5.74) is 1.08. The molecular weight excluding hydrogens is 270 g/mol. The van der Waals surface area contributed by atoms with Crippen LogP contribution in [0.1, 0.15) is 35.3 Å². The minimum atomic E-state index is -0.929. The Bertz CT molecular complexity index is 650. The summed E-state index contributed by atoms with van der Waals surface area (Å²) in [7, 11) is 0. The maximum Gasteiger partial charge on any atom is 0.335 e. The fraction of sp³-hybridized carbons (Fsp3) is 0.375. The number of carbonyl (C=O) groups is 1. The van der Waals surface area contributed by atoms with Crippen LogP contribution in [0.2, 0.25) is 0 Å². The Kier molecular flexibility index (Phi) is 4.13. The zero-order valence-corrected chi connectivity index (χ0v) is 11.6. The maximum atomic E-state index is 11.0. The molecular formula is C16H17NO4. The van der Waals surface area contributed by atoms with E-state index in [0.29, 0.717) is 6.61 Å². The first-order valence-corrected chi connectivity index (χ1v) is 7.08. The summed E-state index contributed by atoms with van der Waals surface area (Å²) < 4.78 is 11.3. The van der Waals surface area contributed by atoms with E-state index in [1.165, 1.54) is 0 Å². The summed E-state index contributed by atoms with van der Waals surface area (Å²) in [6.45, 7) is 1.12. The fourth-order valence-corrected chi connectivity index (χ4v) is 2.50. The number of fused-ring (bicyclic) bond motifs is 1. The van der Waals surface area contributed by atoms with Crippen molar-refractivity contribution in [2.75, 3.05) is 6.61 Å². The molecule has 1 unspecified atom stereocenters. The fourth-order valence-electron chi connectivity index (χ4n) is 2.50. The Morgan fingerprint density at radius 3 is 3.05 bits per heavy atom. The van der Waals surface area contributed by atoms with Crippen LogP contribution in [-0.2, 0) is 16.1 Å². The van der Waals surface area contributed by atoms with Crippen molar-refractivity contribution in [3.05, 3.63) is 41.7 Å². The molecule has 1 aromatic carbocycles. The number of hydrogen-bond acceptors (Lipinski definition) is 4. The van der Waals surface area contributed by atoms with Crippen molar-refractivity contribution < 1.29 is 19.4 Å². The van der Waals surface area contributed by atoms with E-state index in [9.17, 15) is 4.79 Å². The number of benzene rings is 1. The zero-order chi connectivity index (χ0) is 14.7. The van der Waals surface area contributed by atoms with Gasteiger partial charge in [-0.05, 0) is 42.8 Å². The largest absolute Gasteiger partial charge is 0.478 e. The summed E-state index contributed by atoms with van der Waals surface area (Å²) in [5, 5.41) is 10.8. The molecule has 5 heteroatoms. The first-order valence-electron chi connectivity index (χ1n) is 7.08. The van der Waals surface area contributed by atoms with Crippen LogP contribution in [0, 0.1) is 0 Å². The lowest BCUT2D eigenvalue weighted by molar-refractivity contribution is -0.169. The van der Waals surface area contributed by atoms with Crippen molar-refractivity contribution in [3.8, 4) is 0 Å². The van der Waals surface area contributed by atoms with E-state index < -0.39 is 5.97 Å². The zero-order valence-electron chi connectivity index (χ0n) is 11.6. The Labute approximate surface area is 122 Å². The van der Waals surface area contributed by atoms with Crippen molar-refractivity contribution in [1.29, 1.82) is 0 Å². The highest BCUT2D eigenvalue weighted by Gasteiger charge is 2.15. The van der Waals surface area contributed by atoms with E-state index in [2.05, 4.69) is 4.98 Å². The molecule has 0 saturated carbocycles. The molecule has 0 amide bonds. The minimum Gasteiger partial charge on any atom is -0.478 e. The van der Waals surface area contributed by atoms with E-state index >= 15 is 0 Å². The molecule has 3 rings (SSSR count). The van der Waals surface area contributed by atoms with Crippen molar-refractivity contribution in [3.63, 3.8) is 0 Å². The van der Waals surface area contributed by atoms with Crippen LogP contribution >= 0.6 is 0 Å². The number of ether oxygens (including phenoxy) is 2. The number of aromatic nitrogens is 1. The smallest absolute Gasteiger partial charge is 0.335 e. The molecule has 21 heavy (non-hydrogen) atoms. The van der Waals surface area contributed by atoms with Gasteiger partial charge in [-0.2, -0.15) is 0 Å². The van der Waals surface area contributed by atoms with Gasteiger partial charge in [-0.15, -0.1) is 0 Å². The van der Waals surface area contributed by atoms with Gasteiger partial charge in [-0.1, -0.05) is 6.07 Å².